The summed E-state index contributed by atoms with van der Waals surface area (Å²) in [6, 6.07) is 1.18. The standard InChI is InChI=1S/C11H14INO3S/c1-6(2)9(11(15)16-3)13-10(14)7-4-8(12)17-5-7/h4-6,9H,1-3H3,(H,13,14)/t9-/m0/s1. The number of thiophene rings is 1. The number of carbonyl (C=O) groups excluding carboxylic acids is 2. The van der Waals surface area contributed by atoms with Crippen LogP contribution < -0.4 is 5.32 Å². The smallest absolute Gasteiger partial charge is 0.328 e. The van der Waals surface area contributed by atoms with E-state index in [9.17, 15) is 9.59 Å². The molecule has 0 radical (unpaired) electrons. The molecule has 1 N–H and O–H groups in total. The molecular formula is C11H14INO3S. The van der Waals surface area contributed by atoms with Gasteiger partial charge in [-0.1, -0.05) is 13.8 Å². The summed E-state index contributed by atoms with van der Waals surface area (Å²) in [4.78, 5) is 23.4. The van der Waals surface area contributed by atoms with Crippen molar-refractivity contribution in [3.8, 4) is 0 Å². The SMILES string of the molecule is COC(=O)[C@@H](NC(=O)c1csc(I)c1)C(C)C. The number of rotatable bonds is 4. The molecule has 0 aliphatic heterocycles. The fourth-order valence-corrected chi connectivity index (χ4v) is 2.60. The number of hydrogen-bond donors (Lipinski definition) is 1. The second-order valence-corrected chi connectivity index (χ2v) is 6.66. The van der Waals surface area contributed by atoms with Gasteiger partial charge in [-0.2, -0.15) is 0 Å². The van der Waals surface area contributed by atoms with Crippen LogP contribution in [0.15, 0.2) is 11.4 Å². The zero-order valence-electron chi connectivity index (χ0n) is 9.82. The van der Waals surface area contributed by atoms with Gasteiger partial charge >= 0.3 is 5.97 Å². The molecule has 0 aliphatic rings. The molecule has 0 unspecified atom stereocenters. The van der Waals surface area contributed by atoms with Crippen molar-refractivity contribution in [3.05, 3.63) is 19.9 Å². The Labute approximate surface area is 118 Å². The van der Waals surface area contributed by atoms with Gasteiger partial charge in [-0.25, -0.2) is 4.79 Å². The van der Waals surface area contributed by atoms with E-state index in [4.69, 9.17) is 0 Å². The number of ether oxygens (including phenoxy) is 1. The van der Waals surface area contributed by atoms with Crippen molar-refractivity contribution in [2.45, 2.75) is 19.9 Å². The van der Waals surface area contributed by atoms with E-state index in [1.807, 2.05) is 13.8 Å². The zero-order chi connectivity index (χ0) is 13.0. The lowest BCUT2D eigenvalue weighted by Gasteiger charge is -2.19. The number of esters is 1. The summed E-state index contributed by atoms with van der Waals surface area (Å²) < 4.78 is 5.70. The van der Waals surface area contributed by atoms with Crippen LogP contribution in [0.1, 0.15) is 24.2 Å². The van der Waals surface area contributed by atoms with Crippen molar-refractivity contribution < 1.29 is 14.3 Å². The lowest BCUT2D eigenvalue weighted by atomic mass is 10.0. The van der Waals surface area contributed by atoms with Gasteiger partial charge in [-0.05, 0) is 34.6 Å². The number of methoxy groups -OCH3 is 1. The summed E-state index contributed by atoms with van der Waals surface area (Å²) in [5.41, 5.74) is 0.578. The van der Waals surface area contributed by atoms with Crippen molar-refractivity contribution in [2.75, 3.05) is 7.11 Å². The molecule has 1 heterocycles. The number of nitrogens with one attached hydrogen (secondary N) is 1. The first-order chi connectivity index (χ1) is 7.95. The second kappa shape index (κ2) is 6.34. The van der Waals surface area contributed by atoms with Crippen LogP contribution in [0.2, 0.25) is 0 Å². The summed E-state index contributed by atoms with van der Waals surface area (Å²) in [5, 5.41) is 4.46. The topological polar surface area (TPSA) is 55.4 Å². The first kappa shape index (κ1) is 14.4. The fraction of sp³-hybridized carbons (Fsp3) is 0.455. The molecule has 0 bridgehead atoms. The van der Waals surface area contributed by atoms with Crippen molar-refractivity contribution in [3.63, 3.8) is 0 Å². The molecule has 1 amide bonds. The molecule has 0 aliphatic carbocycles. The first-order valence-electron chi connectivity index (χ1n) is 5.08. The molecule has 1 atom stereocenters. The Kier molecular flexibility index (Phi) is 5.38. The number of halogens is 1. The molecule has 0 saturated carbocycles. The van der Waals surface area contributed by atoms with Gasteiger partial charge in [-0.3, -0.25) is 4.79 Å². The van der Waals surface area contributed by atoms with Crippen molar-refractivity contribution >= 4 is 45.8 Å². The molecular weight excluding hydrogens is 353 g/mol. The lowest BCUT2D eigenvalue weighted by molar-refractivity contribution is -0.144. The minimum absolute atomic E-state index is 0.0101. The Morgan fingerprint density at radius 2 is 2.12 bits per heavy atom. The van der Waals surface area contributed by atoms with Gasteiger partial charge in [0.25, 0.3) is 5.91 Å². The van der Waals surface area contributed by atoms with Crippen LogP contribution in [0.25, 0.3) is 0 Å². The highest BCUT2D eigenvalue weighted by Gasteiger charge is 2.25. The van der Waals surface area contributed by atoms with Crippen molar-refractivity contribution in [1.29, 1.82) is 0 Å². The van der Waals surface area contributed by atoms with Crippen LogP contribution in [0.3, 0.4) is 0 Å². The van der Waals surface area contributed by atoms with Crippen molar-refractivity contribution in [1.82, 2.24) is 5.32 Å². The summed E-state index contributed by atoms with van der Waals surface area (Å²) in [6.45, 7) is 3.72. The summed E-state index contributed by atoms with van der Waals surface area (Å²) in [5.74, 6) is -0.671. The molecule has 0 aromatic carbocycles. The Balaban J connectivity index is 2.74. The normalized spacial score (nSPS) is 12.3. The third kappa shape index (κ3) is 3.95. The van der Waals surface area contributed by atoms with Gasteiger partial charge < -0.3 is 10.1 Å². The Hall–Kier alpha value is -0.630. The largest absolute Gasteiger partial charge is 0.467 e. The average Bonchev–Trinajstić information content (AvgIpc) is 2.71. The van der Waals surface area contributed by atoms with Gasteiger partial charge in [0.1, 0.15) is 6.04 Å². The van der Waals surface area contributed by atoms with Crippen LogP contribution in [0.5, 0.6) is 0 Å². The second-order valence-electron chi connectivity index (χ2n) is 3.86. The number of hydrogen-bond acceptors (Lipinski definition) is 4. The van der Waals surface area contributed by atoms with Gasteiger partial charge in [0.15, 0.2) is 0 Å². The molecule has 1 rings (SSSR count). The van der Waals surface area contributed by atoms with E-state index in [1.54, 1.807) is 11.4 Å². The Morgan fingerprint density at radius 1 is 1.47 bits per heavy atom. The minimum Gasteiger partial charge on any atom is -0.467 e. The number of amides is 1. The summed E-state index contributed by atoms with van der Waals surface area (Å²) in [7, 11) is 1.32. The maximum Gasteiger partial charge on any atom is 0.328 e. The fourth-order valence-electron chi connectivity index (χ4n) is 1.28. The molecule has 6 heteroatoms. The molecule has 4 nitrogen and oxygen atoms in total. The van der Waals surface area contributed by atoms with E-state index in [1.165, 1.54) is 18.4 Å². The Bertz CT molecular complexity index is 417. The van der Waals surface area contributed by atoms with E-state index in [0.717, 1.165) is 2.88 Å². The van der Waals surface area contributed by atoms with Crippen LogP contribution in [0.4, 0.5) is 0 Å². The van der Waals surface area contributed by atoms with E-state index < -0.39 is 12.0 Å². The highest BCUT2D eigenvalue weighted by atomic mass is 127. The van der Waals surface area contributed by atoms with Crippen LogP contribution in [-0.4, -0.2) is 25.0 Å². The van der Waals surface area contributed by atoms with Gasteiger partial charge in [0.2, 0.25) is 0 Å². The van der Waals surface area contributed by atoms with Gasteiger partial charge in [0.05, 0.1) is 15.6 Å². The molecule has 94 valence electrons. The monoisotopic (exact) mass is 367 g/mol. The molecule has 1 aromatic heterocycles. The van der Waals surface area contributed by atoms with E-state index in [-0.39, 0.29) is 11.8 Å². The lowest BCUT2D eigenvalue weighted by Crippen LogP contribution is -2.44. The molecule has 17 heavy (non-hydrogen) atoms. The Morgan fingerprint density at radius 3 is 2.53 bits per heavy atom. The molecule has 0 saturated heterocycles. The molecule has 0 spiro atoms. The van der Waals surface area contributed by atoms with Crippen molar-refractivity contribution in [2.24, 2.45) is 5.92 Å². The number of carbonyl (C=O) groups is 2. The van der Waals surface area contributed by atoms with Crippen LogP contribution >= 0.6 is 33.9 Å². The van der Waals surface area contributed by atoms with Gasteiger partial charge in [0, 0.05) is 5.38 Å². The third-order valence-corrected chi connectivity index (χ3v) is 4.03. The summed E-state index contributed by atoms with van der Waals surface area (Å²) >= 11 is 3.64. The maximum absolute atomic E-state index is 11.9. The van der Waals surface area contributed by atoms with Crippen LogP contribution in [-0.2, 0) is 9.53 Å². The highest BCUT2D eigenvalue weighted by molar-refractivity contribution is 14.1. The first-order valence-corrected chi connectivity index (χ1v) is 7.04. The summed E-state index contributed by atoms with van der Waals surface area (Å²) in [6.07, 6.45) is 0. The van der Waals surface area contributed by atoms with E-state index in [0.29, 0.717) is 5.56 Å². The highest BCUT2D eigenvalue weighted by Crippen LogP contribution is 2.17. The average molecular weight is 367 g/mol. The van der Waals surface area contributed by atoms with Gasteiger partial charge in [-0.15, -0.1) is 11.3 Å². The quantitative estimate of drug-likeness (QED) is 0.656. The van der Waals surface area contributed by atoms with E-state index >= 15 is 0 Å². The zero-order valence-corrected chi connectivity index (χ0v) is 12.8. The minimum atomic E-state index is -0.606. The van der Waals surface area contributed by atoms with Crippen LogP contribution in [0, 0.1) is 8.80 Å². The van der Waals surface area contributed by atoms with E-state index in [2.05, 4.69) is 32.6 Å². The third-order valence-electron chi connectivity index (χ3n) is 2.24. The predicted octanol–water partition coefficient (Wildman–Crippen LogP) is 2.28. The molecule has 1 aromatic rings. The molecule has 0 fully saturated rings. The predicted molar refractivity (Wildman–Crippen MR) is 75.1 cm³/mol. The maximum atomic E-state index is 11.9.